The lowest BCUT2D eigenvalue weighted by atomic mass is 9.97. The van der Waals surface area contributed by atoms with Crippen LogP contribution in [0.2, 0.25) is 0 Å². The van der Waals surface area contributed by atoms with Crippen LogP contribution in [0.15, 0.2) is 17.1 Å². The maximum absolute atomic E-state index is 13.7. The second kappa shape index (κ2) is 9.12. The first-order valence-corrected chi connectivity index (χ1v) is 11.7. The minimum atomic E-state index is -2.95. The lowest BCUT2D eigenvalue weighted by Crippen LogP contribution is -2.37. The Hall–Kier alpha value is -3.48. The van der Waals surface area contributed by atoms with Crippen LogP contribution in [-0.2, 0) is 6.54 Å². The summed E-state index contributed by atoms with van der Waals surface area (Å²) in [6.45, 7) is 5.19. The van der Waals surface area contributed by atoms with Crippen LogP contribution in [0.3, 0.4) is 0 Å². The summed E-state index contributed by atoms with van der Waals surface area (Å²) in [6, 6.07) is 1.45. The fourth-order valence-corrected chi connectivity index (χ4v) is 4.32. The van der Waals surface area contributed by atoms with Crippen molar-refractivity contribution in [3.05, 3.63) is 33.7 Å². The van der Waals surface area contributed by atoms with Crippen LogP contribution < -0.4 is 10.9 Å². The first-order chi connectivity index (χ1) is 16.8. The van der Waals surface area contributed by atoms with E-state index in [2.05, 4.69) is 20.6 Å². The van der Waals surface area contributed by atoms with E-state index in [1.54, 1.807) is 0 Å². The molecule has 1 saturated heterocycles. The highest BCUT2D eigenvalue weighted by Gasteiger charge is 2.41. The first kappa shape index (κ1) is 26.6. The Balaban J connectivity index is 0.00000320. The van der Waals surface area contributed by atoms with E-state index in [0.29, 0.717) is 0 Å². The topological polar surface area (TPSA) is 138 Å². The zero-order chi connectivity index (χ0) is 26.0. The number of aromatic hydroxyl groups is 1. The molecule has 0 radical (unpaired) electrons. The Morgan fingerprint density at radius 3 is 2.59 bits per heavy atom. The third-order valence-electron chi connectivity index (χ3n) is 6.21. The number of hydrogen-bond donors (Lipinski definition) is 3. The molecule has 2 amide bonds. The third-order valence-corrected chi connectivity index (χ3v) is 6.21. The maximum atomic E-state index is 13.7. The molecule has 200 valence electrons. The van der Waals surface area contributed by atoms with Gasteiger partial charge in [0.2, 0.25) is 5.88 Å². The molecule has 0 unspecified atom stereocenters. The van der Waals surface area contributed by atoms with Gasteiger partial charge in [-0.2, -0.15) is 14.7 Å². The highest BCUT2D eigenvalue weighted by molar-refractivity contribution is 6.00. The number of rotatable bonds is 5. The molecule has 37 heavy (non-hydrogen) atoms. The quantitative estimate of drug-likeness (QED) is 0.455. The smallest absolute Gasteiger partial charge is 0.270 e. The fraction of sp³-hybridized carbons (Fsp3) is 0.522. The fourth-order valence-electron chi connectivity index (χ4n) is 4.32. The predicted octanol–water partition coefficient (Wildman–Crippen LogP) is 2.43. The van der Waals surface area contributed by atoms with Crippen molar-refractivity contribution >= 4 is 29.9 Å². The SMILES string of the molecule is CC(C)(C)Cn1c(=O)c(C(=O)NC2CC2)c(O)n2nc(-c3[nH]ncc3C(=O)N3CCC(F)(F)C3)cc12.Cl. The van der Waals surface area contributed by atoms with E-state index in [4.69, 9.17) is 0 Å². The van der Waals surface area contributed by atoms with Crippen LogP contribution in [0.1, 0.15) is 60.7 Å². The van der Waals surface area contributed by atoms with Gasteiger partial charge in [0.1, 0.15) is 11.3 Å². The van der Waals surface area contributed by atoms with Gasteiger partial charge in [0, 0.05) is 31.6 Å². The number of hydrogen-bond acceptors (Lipinski definition) is 6. The van der Waals surface area contributed by atoms with Crippen molar-refractivity contribution in [3.63, 3.8) is 0 Å². The molecule has 0 spiro atoms. The highest BCUT2D eigenvalue weighted by Crippen LogP contribution is 2.31. The van der Waals surface area contributed by atoms with Gasteiger partial charge in [-0.1, -0.05) is 20.8 Å². The van der Waals surface area contributed by atoms with E-state index in [1.807, 2.05) is 20.8 Å². The maximum Gasteiger partial charge on any atom is 0.270 e. The van der Waals surface area contributed by atoms with Crippen molar-refractivity contribution in [1.82, 2.24) is 34.6 Å². The van der Waals surface area contributed by atoms with Crippen molar-refractivity contribution in [2.75, 3.05) is 13.1 Å². The number of nitrogens with one attached hydrogen (secondary N) is 2. The molecule has 3 aromatic heterocycles. The molecule has 1 saturated carbocycles. The molecule has 2 aliphatic rings. The second-order valence-electron chi connectivity index (χ2n) is 10.7. The van der Waals surface area contributed by atoms with Crippen LogP contribution in [0.5, 0.6) is 5.88 Å². The van der Waals surface area contributed by atoms with Gasteiger partial charge in [-0.25, -0.2) is 8.78 Å². The van der Waals surface area contributed by atoms with E-state index >= 15 is 0 Å². The Labute approximate surface area is 216 Å². The lowest BCUT2D eigenvalue weighted by molar-refractivity contribution is 0.0120. The molecule has 0 atom stereocenters. The molecule has 3 aromatic rings. The monoisotopic (exact) mass is 539 g/mol. The highest BCUT2D eigenvalue weighted by atomic mass is 35.5. The normalized spacial score (nSPS) is 17.2. The van der Waals surface area contributed by atoms with E-state index in [0.717, 1.165) is 22.3 Å². The van der Waals surface area contributed by atoms with Crippen molar-refractivity contribution in [2.24, 2.45) is 5.41 Å². The molecule has 4 heterocycles. The number of fused-ring (bicyclic) bond motifs is 1. The summed E-state index contributed by atoms with van der Waals surface area (Å²) in [7, 11) is 0. The van der Waals surface area contributed by atoms with E-state index in [-0.39, 0.29) is 59.6 Å². The van der Waals surface area contributed by atoms with Gasteiger partial charge in [0.05, 0.1) is 24.0 Å². The van der Waals surface area contributed by atoms with Crippen molar-refractivity contribution < 1.29 is 23.5 Å². The Kier molecular flexibility index (Phi) is 6.55. The third kappa shape index (κ3) is 5.04. The summed E-state index contributed by atoms with van der Waals surface area (Å²) in [5.74, 6) is -4.89. The summed E-state index contributed by atoms with van der Waals surface area (Å²) < 4.78 is 29.8. The summed E-state index contributed by atoms with van der Waals surface area (Å²) in [5.41, 5.74) is -0.922. The predicted molar refractivity (Wildman–Crippen MR) is 131 cm³/mol. The lowest BCUT2D eigenvalue weighted by Gasteiger charge is -2.21. The van der Waals surface area contributed by atoms with Crippen LogP contribution in [0.4, 0.5) is 8.78 Å². The number of aromatic nitrogens is 5. The minimum Gasteiger partial charge on any atom is -0.492 e. The summed E-state index contributed by atoms with van der Waals surface area (Å²) in [4.78, 5) is 40.2. The largest absolute Gasteiger partial charge is 0.492 e. The van der Waals surface area contributed by atoms with Crippen molar-refractivity contribution in [1.29, 1.82) is 0 Å². The molecule has 14 heteroatoms. The van der Waals surface area contributed by atoms with Gasteiger partial charge < -0.3 is 15.3 Å². The molecule has 0 aromatic carbocycles. The van der Waals surface area contributed by atoms with Crippen LogP contribution >= 0.6 is 12.4 Å². The average Bonchev–Trinajstić information content (AvgIpc) is 3.16. The molecule has 11 nitrogen and oxygen atoms in total. The van der Waals surface area contributed by atoms with Crippen LogP contribution in [0.25, 0.3) is 17.0 Å². The zero-order valence-corrected chi connectivity index (χ0v) is 21.4. The number of aromatic amines is 1. The summed E-state index contributed by atoms with van der Waals surface area (Å²) in [5, 5.41) is 24.6. The number of carbonyl (C=O) groups is 2. The number of H-pyrrole nitrogens is 1. The van der Waals surface area contributed by atoms with Crippen molar-refractivity contribution in [3.8, 4) is 17.3 Å². The van der Waals surface area contributed by atoms with Gasteiger partial charge in [0.15, 0.2) is 5.56 Å². The Morgan fingerprint density at radius 1 is 1.30 bits per heavy atom. The number of halogens is 3. The van der Waals surface area contributed by atoms with E-state index in [1.165, 1.54) is 16.8 Å². The zero-order valence-electron chi connectivity index (χ0n) is 20.5. The molecular formula is C23H28ClF2N7O4. The van der Waals surface area contributed by atoms with Crippen molar-refractivity contribution in [2.45, 2.75) is 58.5 Å². The van der Waals surface area contributed by atoms with Gasteiger partial charge >= 0.3 is 0 Å². The van der Waals surface area contributed by atoms with E-state index in [9.17, 15) is 28.3 Å². The average molecular weight is 540 g/mol. The standard InChI is InChI=1S/C23H27F2N7O4.ClH/c1-22(2,3)10-31-15-8-14(17-13(9-26-28-17)19(34)30-7-6-23(24,25)11-30)29-32(15)21(36)16(20(31)35)18(33)27-12-4-5-12;/h8-9,12,36H,4-7,10-11H2,1-3H3,(H,26,28)(H,27,33);1H. The minimum absolute atomic E-state index is 0. The van der Waals surface area contributed by atoms with E-state index < -0.39 is 47.7 Å². The van der Waals surface area contributed by atoms with Gasteiger partial charge in [-0.05, 0) is 18.3 Å². The molecule has 0 bridgehead atoms. The Bertz CT molecular complexity index is 1440. The van der Waals surface area contributed by atoms with Gasteiger partial charge in [-0.15, -0.1) is 12.4 Å². The molecule has 5 rings (SSSR count). The van der Waals surface area contributed by atoms with Crippen LogP contribution in [-0.4, -0.2) is 71.3 Å². The molecular weight excluding hydrogens is 512 g/mol. The molecule has 1 aliphatic carbocycles. The second-order valence-corrected chi connectivity index (χ2v) is 10.7. The van der Waals surface area contributed by atoms with Gasteiger partial charge in [-0.3, -0.25) is 24.0 Å². The molecule has 1 aliphatic heterocycles. The summed E-state index contributed by atoms with van der Waals surface area (Å²) >= 11 is 0. The number of likely N-dealkylation sites (tertiary alicyclic amines) is 1. The molecule has 2 fully saturated rings. The first-order valence-electron chi connectivity index (χ1n) is 11.7. The number of nitrogens with zero attached hydrogens (tertiary/aromatic N) is 5. The Morgan fingerprint density at radius 2 is 2.00 bits per heavy atom. The molecule has 3 N–H and O–H groups in total. The van der Waals surface area contributed by atoms with Crippen LogP contribution in [0, 0.1) is 5.41 Å². The van der Waals surface area contributed by atoms with Gasteiger partial charge in [0.25, 0.3) is 23.3 Å². The number of carbonyl (C=O) groups excluding carboxylic acids is 2. The number of alkyl halides is 2. The number of amides is 2. The summed E-state index contributed by atoms with van der Waals surface area (Å²) in [6.07, 6.45) is 2.42.